The van der Waals surface area contributed by atoms with Crippen molar-refractivity contribution in [3.8, 4) is 0 Å². The van der Waals surface area contributed by atoms with E-state index in [1.807, 2.05) is 7.05 Å². The van der Waals surface area contributed by atoms with Gasteiger partial charge >= 0.3 is 0 Å². The maximum atomic E-state index is 3.23. The van der Waals surface area contributed by atoms with Crippen molar-refractivity contribution in [3.05, 3.63) is 0 Å². The lowest BCUT2D eigenvalue weighted by Crippen LogP contribution is -2.16. The zero-order valence-electron chi connectivity index (χ0n) is 8.06. The molecular weight excluding hydrogens is 134 g/mol. The van der Waals surface area contributed by atoms with Crippen LogP contribution in [0.15, 0.2) is 0 Å². The maximum absolute atomic E-state index is 3.23. The van der Waals surface area contributed by atoms with Crippen LogP contribution in [0.5, 0.6) is 0 Å². The lowest BCUT2D eigenvalue weighted by Gasteiger charge is -2.17. The topological polar surface area (TPSA) is 12.0 Å². The van der Waals surface area contributed by atoms with Crippen LogP contribution in [0.3, 0.4) is 0 Å². The Morgan fingerprint density at radius 3 is 2.45 bits per heavy atom. The summed E-state index contributed by atoms with van der Waals surface area (Å²) < 4.78 is 0. The predicted octanol–water partition coefficient (Wildman–Crippen LogP) is 2.28. The molecule has 3 atom stereocenters. The normalized spacial score (nSPS) is 37.9. The molecule has 0 amide bonds. The van der Waals surface area contributed by atoms with E-state index in [4.69, 9.17) is 0 Å². The Labute approximate surface area is 70.6 Å². The molecule has 0 aromatic heterocycles. The molecule has 3 unspecified atom stereocenters. The van der Waals surface area contributed by atoms with Gasteiger partial charge in [-0.05, 0) is 44.2 Å². The average molecular weight is 155 g/mol. The molecule has 66 valence electrons. The summed E-state index contributed by atoms with van der Waals surface area (Å²) in [6, 6.07) is 0. The van der Waals surface area contributed by atoms with E-state index in [-0.39, 0.29) is 0 Å². The van der Waals surface area contributed by atoms with Gasteiger partial charge in [-0.3, -0.25) is 0 Å². The van der Waals surface area contributed by atoms with Crippen LogP contribution < -0.4 is 5.32 Å². The molecule has 1 nitrogen and oxygen atoms in total. The summed E-state index contributed by atoms with van der Waals surface area (Å²) in [6.07, 6.45) is 4.29. The third-order valence-corrected chi connectivity index (χ3v) is 3.40. The molecule has 1 rings (SSSR count). The Hall–Kier alpha value is -0.0400. The zero-order valence-corrected chi connectivity index (χ0v) is 8.06. The van der Waals surface area contributed by atoms with Gasteiger partial charge in [-0.15, -0.1) is 0 Å². The van der Waals surface area contributed by atoms with Gasteiger partial charge in [0, 0.05) is 0 Å². The monoisotopic (exact) mass is 155 g/mol. The van der Waals surface area contributed by atoms with E-state index in [1.165, 1.54) is 25.8 Å². The highest BCUT2D eigenvalue weighted by Gasteiger charge is 2.28. The molecule has 1 aliphatic carbocycles. The van der Waals surface area contributed by atoms with Crippen LogP contribution in [-0.2, 0) is 0 Å². The number of hydrogen-bond acceptors (Lipinski definition) is 1. The number of rotatable bonds is 3. The molecule has 0 aliphatic heterocycles. The summed E-state index contributed by atoms with van der Waals surface area (Å²) in [5.41, 5.74) is 0. The fourth-order valence-electron chi connectivity index (χ4n) is 2.20. The molecular formula is C10H21N. The summed E-state index contributed by atoms with van der Waals surface area (Å²) in [5, 5.41) is 3.23. The van der Waals surface area contributed by atoms with Gasteiger partial charge in [0.05, 0.1) is 0 Å². The number of hydrogen-bond donors (Lipinski definition) is 1. The largest absolute Gasteiger partial charge is 0.320 e. The Balaban J connectivity index is 2.24. The summed E-state index contributed by atoms with van der Waals surface area (Å²) in [4.78, 5) is 0. The fourth-order valence-corrected chi connectivity index (χ4v) is 2.20. The van der Waals surface area contributed by atoms with Gasteiger partial charge in [-0.25, -0.2) is 0 Å². The fraction of sp³-hybridized carbons (Fsp3) is 1.00. The van der Waals surface area contributed by atoms with Crippen LogP contribution in [0.1, 0.15) is 33.1 Å². The molecule has 0 bridgehead atoms. The summed E-state index contributed by atoms with van der Waals surface area (Å²) >= 11 is 0. The molecule has 0 spiro atoms. The van der Waals surface area contributed by atoms with E-state index < -0.39 is 0 Å². The lowest BCUT2D eigenvalue weighted by molar-refractivity contribution is 0.338. The van der Waals surface area contributed by atoms with E-state index in [2.05, 4.69) is 19.2 Å². The molecule has 1 saturated carbocycles. The van der Waals surface area contributed by atoms with Gasteiger partial charge in [0.1, 0.15) is 0 Å². The predicted molar refractivity (Wildman–Crippen MR) is 49.6 cm³/mol. The van der Waals surface area contributed by atoms with Gasteiger partial charge < -0.3 is 5.32 Å². The van der Waals surface area contributed by atoms with E-state index in [0.717, 1.165) is 17.8 Å². The van der Waals surface area contributed by atoms with Crippen LogP contribution in [-0.4, -0.2) is 13.6 Å². The minimum absolute atomic E-state index is 0.961. The van der Waals surface area contributed by atoms with Gasteiger partial charge in [0.15, 0.2) is 0 Å². The second-order valence-corrected chi connectivity index (χ2v) is 4.07. The van der Waals surface area contributed by atoms with Crippen molar-refractivity contribution >= 4 is 0 Å². The maximum Gasteiger partial charge on any atom is -0.00492 e. The van der Waals surface area contributed by atoms with Crippen LogP contribution >= 0.6 is 0 Å². The Bertz CT molecular complexity index is 111. The standard InChI is InChI=1S/C10H21N/c1-8-4-5-10(9(8)2)6-7-11-3/h8-11H,4-7H2,1-3H3. The van der Waals surface area contributed by atoms with Crippen LogP contribution in [0.25, 0.3) is 0 Å². The highest BCUT2D eigenvalue weighted by atomic mass is 14.8. The van der Waals surface area contributed by atoms with Gasteiger partial charge in [-0.1, -0.05) is 20.3 Å². The summed E-state index contributed by atoms with van der Waals surface area (Å²) in [7, 11) is 2.04. The summed E-state index contributed by atoms with van der Waals surface area (Å²) in [6.45, 7) is 6.00. The highest BCUT2D eigenvalue weighted by molar-refractivity contribution is 4.79. The second-order valence-electron chi connectivity index (χ2n) is 4.07. The molecule has 1 fully saturated rings. The van der Waals surface area contributed by atoms with Crippen LogP contribution in [0.2, 0.25) is 0 Å². The van der Waals surface area contributed by atoms with Crippen molar-refractivity contribution in [3.63, 3.8) is 0 Å². The van der Waals surface area contributed by atoms with Crippen molar-refractivity contribution < 1.29 is 0 Å². The molecule has 0 aromatic rings. The Kier molecular flexibility index (Phi) is 3.38. The van der Waals surface area contributed by atoms with Gasteiger partial charge in [-0.2, -0.15) is 0 Å². The first-order valence-electron chi connectivity index (χ1n) is 4.90. The SMILES string of the molecule is CNCCC1CCC(C)C1C. The molecule has 0 radical (unpaired) electrons. The van der Waals surface area contributed by atoms with Crippen molar-refractivity contribution in [2.24, 2.45) is 17.8 Å². The first kappa shape index (κ1) is 9.05. The smallest absolute Gasteiger partial charge is 0.00492 e. The first-order chi connectivity index (χ1) is 5.25. The molecule has 0 saturated heterocycles. The quantitative estimate of drug-likeness (QED) is 0.659. The summed E-state index contributed by atoms with van der Waals surface area (Å²) in [5.74, 6) is 2.93. The minimum atomic E-state index is 0.961. The van der Waals surface area contributed by atoms with Crippen molar-refractivity contribution in [1.82, 2.24) is 5.32 Å². The average Bonchev–Trinajstić information content (AvgIpc) is 2.31. The third-order valence-electron chi connectivity index (χ3n) is 3.40. The molecule has 0 heterocycles. The molecule has 1 heteroatoms. The highest BCUT2D eigenvalue weighted by Crippen LogP contribution is 2.37. The molecule has 1 aliphatic rings. The molecule has 11 heavy (non-hydrogen) atoms. The van der Waals surface area contributed by atoms with Crippen molar-refractivity contribution in [2.45, 2.75) is 33.1 Å². The lowest BCUT2D eigenvalue weighted by atomic mass is 9.90. The van der Waals surface area contributed by atoms with E-state index in [1.54, 1.807) is 0 Å². The number of nitrogens with one attached hydrogen (secondary N) is 1. The molecule has 0 aromatic carbocycles. The van der Waals surface area contributed by atoms with Crippen LogP contribution in [0, 0.1) is 17.8 Å². The van der Waals surface area contributed by atoms with Gasteiger partial charge in [0.2, 0.25) is 0 Å². The van der Waals surface area contributed by atoms with E-state index in [9.17, 15) is 0 Å². The van der Waals surface area contributed by atoms with Crippen molar-refractivity contribution in [2.75, 3.05) is 13.6 Å². The van der Waals surface area contributed by atoms with E-state index in [0.29, 0.717) is 0 Å². The van der Waals surface area contributed by atoms with Crippen LogP contribution in [0.4, 0.5) is 0 Å². The van der Waals surface area contributed by atoms with Gasteiger partial charge in [0.25, 0.3) is 0 Å². The minimum Gasteiger partial charge on any atom is -0.320 e. The first-order valence-corrected chi connectivity index (χ1v) is 4.90. The van der Waals surface area contributed by atoms with Crippen molar-refractivity contribution in [1.29, 1.82) is 0 Å². The Morgan fingerprint density at radius 2 is 2.00 bits per heavy atom. The Morgan fingerprint density at radius 1 is 1.27 bits per heavy atom. The molecule has 1 N–H and O–H groups in total. The third kappa shape index (κ3) is 2.19. The van der Waals surface area contributed by atoms with E-state index >= 15 is 0 Å². The second kappa shape index (κ2) is 4.10. The zero-order chi connectivity index (χ0) is 8.27.